The lowest BCUT2D eigenvalue weighted by molar-refractivity contribution is 0.272. The van der Waals surface area contributed by atoms with E-state index in [-0.39, 0.29) is 11.1 Å². The molecule has 0 aliphatic heterocycles. The Labute approximate surface area is 131 Å². The van der Waals surface area contributed by atoms with Crippen LogP contribution in [0.2, 0.25) is 18.1 Å². The van der Waals surface area contributed by atoms with E-state index in [0.29, 0.717) is 0 Å². The SMILES string of the molecule is C=CCc1ccc(C(N)CCO[Si](C)(C)C(C)(C)C)cc1. The zero-order chi connectivity index (χ0) is 16.1. The topological polar surface area (TPSA) is 35.2 Å². The molecule has 0 heterocycles. The van der Waals surface area contributed by atoms with Crippen molar-refractivity contribution in [3.8, 4) is 0 Å². The fourth-order valence-electron chi connectivity index (χ4n) is 1.89. The molecule has 118 valence electrons. The maximum Gasteiger partial charge on any atom is 0.191 e. The van der Waals surface area contributed by atoms with Crippen LogP contribution in [-0.2, 0) is 10.8 Å². The van der Waals surface area contributed by atoms with Gasteiger partial charge < -0.3 is 10.2 Å². The molecule has 1 atom stereocenters. The quantitative estimate of drug-likeness (QED) is 0.578. The fraction of sp³-hybridized carbons (Fsp3) is 0.556. The number of hydrogen-bond donors (Lipinski definition) is 1. The van der Waals surface area contributed by atoms with Gasteiger partial charge in [0.1, 0.15) is 0 Å². The number of nitrogens with two attached hydrogens (primary N) is 1. The van der Waals surface area contributed by atoms with Gasteiger partial charge in [-0.2, -0.15) is 0 Å². The first-order valence-corrected chi connectivity index (χ1v) is 10.7. The maximum atomic E-state index is 6.27. The third-order valence-electron chi connectivity index (χ3n) is 4.49. The van der Waals surface area contributed by atoms with E-state index in [0.717, 1.165) is 19.4 Å². The molecule has 0 aromatic heterocycles. The summed E-state index contributed by atoms with van der Waals surface area (Å²) < 4.78 is 6.19. The summed E-state index contributed by atoms with van der Waals surface area (Å²) in [4.78, 5) is 0. The summed E-state index contributed by atoms with van der Waals surface area (Å²) in [5.41, 5.74) is 8.73. The number of rotatable bonds is 7. The predicted molar refractivity (Wildman–Crippen MR) is 95.0 cm³/mol. The highest BCUT2D eigenvalue weighted by atomic mass is 28.4. The van der Waals surface area contributed by atoms with Crippen LogP contribution >= 0.6 is 0 Å². The first-order chi connectivity index (χ1) is 9.67. The first kappa shape index (κ1) is 18.1. The van der Waals surface area contributed by atoms with Gasteiger partial charge in [0, 0.05) is 12.6 Å². The van der Waals surface area contributed by atoms with E-state index in [4.69, 9.17) is 10.2 Å². The van der Waals surface area contributed by atoms with Gasteiger partial charge in [0.25, 0.3) is 0 Å². The number of allylic oxidation sites excluding steroid dienone is 1. The number of hydrogen-bond acceptors (Lipinski definition) is 2. The van der Waals surface area contributed by atoms with Crippen molar-refractivity contribution in [1.82, 2.24) is 0 Å². The largest absolute Gasteiger partial charge is 0.417 e. The minimum atomic E-state index is -1.66. The van der Waals surface area contributed by atoms with Crippen LogP contribution in [0.5, 0.6) is 0 Å². The third-order valence-corrected chi connectivity index (χ3v) is 9.02. The van der Waals surface area contributed by atoms with Crippen molar-refractivity contribution in [2.45, 2.75) is 57.8 Å². The summed E-state index contributed by atoms with van der Waals surface area (Å²) in [6.45, 7) is 15.8. The molecule has 2 N–H and O–H groups in total. The molecule has 0 aliphatic rings. The highest BCUT2D eigenvalue weighted by molar-refractivity contribution is 6.74. The van der Waals surface area contributed by atoms with E-state index in [9.17, 15) is 0 Å². The van der Waals surface area contributed by atoms with Crippen molar-refractivity contribution in [2.75, 3.05) is 6.61 Å². The molecule has 2 nitrogen and oxygen atoms in total. The van der Waals surface area contributed by atoms with E-state index >= 15 is 0 Å². The van der Waals surface area contributed by atoms with Crippen molar-refractivity contribution < 1.29 is 4.43 Å². The van der Waals surface area contributed by atoms with Gasteiger partial charge in [-0.3, -0.25) is 0 Å². The zero-order valence-corrected chi connectivity index (χ0v) is 15.3. The van der Waals surface area contributed by atoms with Crippen molar-refractivity contribution in [3.05, 3.63) is 48.0 Å². The minimum Gasteiger partial charge on any atom is -0.417 e. The third kappa shape index (κ3) is 5.42. The molecule has 0 aliphatic carbocycles. The van der Waals surface area contributed by atoms with Gasteiger partial charge >= 0.3 is 0 Å². The van der Waals surface area contributed by atoms with Crippen LogP contribution in [0.1, 0.15) is 44.4 Å². The monoisotopic (exact) mass is 305 g/mol. The lowest BCUT2D eigenvalue weighted by atomic mass is 10.0. The van der Waals surface area contributed by atoms with E-state index in [1.165, 1.54) is 11.1 Å². The molecule has 1 rings (SSSR count). The van der Waals surface area contributed by atoms with Gasteiger partial charge in [-0.15, -0.1) is 6.58 Å². The molecular weight excluding hydrogens is 274 g/mol. The van der Waals surface area contributed by atoms with Crippen molar-refractivity contribution in [2.24, 2.45) is 5.73 Å². The van der Waals surface area contributed by atoms with Crippen molar-refractivity contribution in [1.29, 1.82) is 0 Å². The second-order valence-corrected chi connectivity index (χ2v) is 12.0. The molecule has 1 unspecified atom stereocenters. The van der Waals surface area contributed by atoms with E-state index in [1.807, 2.05) is 6.08 Å². The molecule has 21 heavy (non-hydrogen) atoms. The van der Waals surface area contributed by atoms with Gasteiger partial charge in [-0.05, 0) is 42.1 Å². The molecule has 0 saturated carbocycles. The van der Waals surface area contributed by atoms with Crippen molar-refractivity contribution in [3.63, 3.8) is 0 Å². The van der Waals surface area contributed by atoms with Crippen LogP contribution in [-0.4, -0.2) is 14.9 Å². The molecule has 0 fully saturated rings. The summed E-state index contributed by atoms with van der Waals surface area (Å²) in [5, 5.41) is 0.253. The normalized spacial score (nSPS) is 14.0. The van der Waals surface area contributed by atoms with Crippen LogP contribution in [0, 0.1) is 0 Å². The Kier molecular flexibility index (Phi) is 6.38. The Bertz CT molecular complexity index is 445. The Morgan fingerprint density at radius 1 is 1.24 bits per heavy atom. The molecule has 1 aromatic rings. The zero-order valence-electron chi connectivity index (χ0n) is 14.3. The predicted octanol–water partition coefficient (Wildman–Crippen LogP) is 4.83. The average molecular weight is 306 g/mol. The molecular formula is C18H31NOSi. The van der Waals surface area contributed by atoms with Gasteiger partial charge in [-0.25, -0.2) is 0 Å². The second kappa shape index (κ2) is 7.39. The lowest BCUT2D eigenvalue weighted by Gasteiger charge is -2.36. The molecule has 1 aromatic carbocycles. The second-order valence-electron chi connectivity index (χ2n) is 7.24. The summed E-state index contributed by atoms with van der Waals surface area (Å²) in [6, 6.07) is 8.55. The van der Waals surface area contributed by atoms with E-state index in [2.05, 4.69) is 64.7 Å². The van der Waals surface area contributed by atoms with Crippen LogP contribution < -0.4 is 5.73 Å². The Morgan fingerprint density at radius 2 is 1.81 bits per heavy atom. The molecule has 0 bridgehead atoms. The summed E-state index contributed by atoms with van der Waals surface area (Å²) in [6.07, 6.45) is 3.69. The first-order valence-electron chi connectivity index (χ1n) is 7.76. The smallest absolute Gasteiger partial charge is 0.191 e. The summed E-state index contributed by atoms with van der Waals surface area (Å²) >= 11 is 0. The highest BCUT2D eigenvalue weighted by Crippen LogP contribution is 2.36. The standard InChI is InChI=1S/C18H31NOSi/c1-7-8-15-9-11-16(12-10-15)17(19)13-14-20-21(5,6)18(2,3)4/h7,9-12,17H,1,8,13-14,19H2,2-6H3. The van der Waals surface area contributed by atoms with E-state index < -0.39 is 8.32 Å². The average Bonchev–Trinajstić information content (AvgIpc) is 2.38. The molecule has 0 spiro atoms. The molecule has 3 heteroatoms. The lowest BCUT2D eigenvalue weighted by Crippen LogP contribution is -2.41. The fourth-order valence-corrected chi connectivity index (χ4v) is 2.95. The Balaban J connectivity index is 2.50. The van der Waals surface area contributed by atoms with Crippen LogP contribution in [0.25, 0.3) is 0 Å². The van der Waals surface area contributed by atoms with Gasteiger partial charge in [0.2, 0.25) is 0 Å². The van der Waals surface area contributed by atoms with Crippen molar-refractivity contribution >= 4 is 8.32 Å². The molecule has 0 saturated heterocycles. The Morgan fingerprint density at radius 3 is 2.29 bits per heavy atom. The summed E-state index contributed by atoms with van der Waals surface area (Å²) in [5.74, 6) is 0. The summed E-state index contributed by atoms with van der Waals surface area (Å²) in [7, 11) is -1.66. The van der Waals surface area contributed by atoms with E-state index in [1.54, 1.807) is 0 Å². The van der Waals surface area contributed by atoms with Crippen LogP contribution in [0.4, 0.5) is 0 Å². The van der Waals surface area contributed by atoms with Gasteiger partial charge in [0.05, 0.1) is 0 Å². The number of benzene rings is 1. The highest BCUT2D eigenvalue weighted by Gasteiger charge is 2.36. The minimum absolute atomic E-state index is 0.0487. The maximum absolute atomic E-state index is 6.27. The molecule has 0 amide bonds. The van der Waals surface area contributed by atoms with Gasteiger partial charge in [-0.1, -0.05) is 51.1 Å². The van der Waals surface area contributed by atoms with Crippen LogP contribution in [0.3, 0.4) is 0 Å². The van der Waals surface area contributed by atoms with Gasteiger partial charge in [0.15, 0.2) is 8.32 Å². The Hall–Kier alpha value is -0.903. The molecule has 0 radical (unpaired) electrons. The van der Waals surface area contributed by atoms with Crippen LogP contribution in [0.15, 0.2) is 36.9 Å².